The SMILES string of the molecule is C[C@]1(C(=O)O)CCCCN1C(=O)CCCn1cccn1. The van der Waals surface area contributed by atoms with Crippen molar-refractivity contribution in [1.29, 1.82) is 0 Å². The van der Waals surface area contributed by atoms with Crippen molar-refractivity contribution in [2.45, 2.75) is 51.1 Å². The van der Waals surface area contributed by atoms with Crippen molar-refractivity contribution < 1.29 is 14.7 Å². The maximum atomic E-state index is 12.3. The normalized spacial score (nSPS) is 22.8. The second-order valence-corrected chi connectivity index (χ2v) is 5.45. The summed E-state index contributed by atoms with van der Waals surface area (Å²) in [5.41, 5.74) is -1.04. The topological polar surface area (TPSA) is 75.4 Å². The summed E-state index contributed by atoms with van der Waals surface area (Å²) in [5, 5.41) is 13.5. The number of carbonyl (C=O) groups is 2. The van der Waals surface area contributed by atoms with E-state index in [2.05, 4.69) is 5.10 Å². The maximum Gasteiger partial charge on any atom is 0.329 e. The zero-order chi connectivity index (χ0) is 14.6. The molecule has 1 aliphatic rings. The van der Waals surface area contributed by atoms with Crippen molar-refractivity contribution in [3.63, 3.8) is 0 Å². The number of nitrogens with zero attached hydrogens (tertiary/aromatic N) is 3. The van der Waals surface area contributed by atoms with Gasteiger partial charge in [-0.15, -0.1) is 0 Å². The molecule has 0 radical (unpaired) electrons. The van der Waals surface area contributed by atoms with Crippen molar-refractivity contribution in [3.05, 3.63) is 18.5 Å². The van der Waals surface area contributed by atoms with Crippen LogP contribution in [0.25, 0.3) is 0 Å². The fourth-order valence-corrected chi connectivity index (χ4v) is 2.70. The lowest BCUT2D eigenvalue weighted by Crippen LogP contribution is -2.57. The van der Waals surface area contributed by atoms with Gasteiger partial charge in [-0.05, 0) is 38.7 Å². The van der Waals surface area contributed by atoms with E-state index in [1.165, 1.54) is 0 Å². The molecular formula is C14H21N3O3. The monoisotopic (exact) mass is 279 g/mol. The Morgan fingerprint density at radius 3 is 2.85 bits per heavy atom. The fraction of sp³-hybridized carbons (Fsp3) is 0.643. The second-order valence-electron chi connectivity index (χ2n) is 5.45. The first-order chi connectivity index (χ1) is 9.54. The molecule has 2 heterocycles. The molecule has 1 fully saturated rings. The van der Waals surface area contributed by atoms with Gasteiger partial charge in [-0.1, -0.05) is 0 Å². The van der Waals surface area contributed by atoms with Gasteiger partial charge in [0.1, 0.15) is 5.54 Å². The molecule has 1 saturated heterocycles. The standard InChI is InChI=1S/C14H21N3O3/c1-14(13(19)20)7-2-3-11-17(14)12(18)6-4-9-16-10-5-8-15-16/h5,8,10H,2-4,6-7,9,11H2,1H3,(H,19,20)/t14-/m1/s1. The van der Waals surface area contributed by atoms with E-state index in [4.69, 9.17) is 0 Å². The molecule has 110 valence electrons. The van der Waals surface area contributed by atoms with Gasteiger partial charge in [0.15, 0.2) is 0 Å². The van der Waals surface area contributed by atoms with Gasteiger partial charge >= 0.3 is 5.97 Å². The van der Waals surface area contributed by atoms with Crippen LogP contribution in [-0.4, -0.2) is 43.7 Å². The third kappa shape index (κ3) is 3.00. The van der Waals surface area contributed by atoms with Crippen molar-refractivity contribution in [3.8, 4) is 0 Å². The molecule has 6 nitrogen and oxygen atoms in total. The lowest BCUT2D eigenvalue weighted by molar-refractivity contribution is -0.161. The number of carboxylic acids is 1. The molecule has 0 aliphatic carbocycles. The number of aliphatic carboxylic acids is 1. The van der Waals surface area contributed by atoms with Crippen LogP contribution in [0.4, 0.5) is 0 Å². The quantitative estimate of drug-likeness (QED) is 0.886. The minimum atomic E-state index is -1.04. The van der Waals surface area contributed by atoms with Crippen LogP contribution in [0.15, 0.2) is 18.5 Å². The van der Waals surface area contributed by atoms with E-state index in [-0.39, 0.29) is 5.91 Å². The minimum Gasteiger partial charge on any atom is -0.480 e. The van der Waals surface area contributed by atoms with Gasteiger partial charge in [-0.2, -0.15) is 5.10 Å². The van der Waals surface area contributed by atoms with E-state index < -0.39 is 11.5 Å². The Hall–Kier alpha value is -1.85. The molecular weight excluding hydrogens is 258 g/mol. The summed E-state index contributed by atoms with van der Waals surface area (Å²) in [4.78, 5) is 25.3. The number of carbonyl (C=O) groups excluding carboxylic acids is 1. The van der Waals surface area contributed by atoms with Crippen molar-refractivity contribution in [2.24, 2.45) is 0 Å². The van der Waals surface area contributed by atoms with Crippen molar-refractivity contribution >= 4 is 11.9 Å². The predicted octanol–water partition coefficient (Wildman–Crippen LogP) is 1.52. The fourth-order valence-electron chi connectivity index (χ4n) is 2.70. The Morgan fingerprint density at radius 2 is 2.20 bits per heavy atom. The number of hydrogen-bond acceptors (Lipinski definition) is 3. The van der Waals surface area contributed by atoms with Gasteiger partial charge in [-0.3, -0.25) is 9.48 Å². The van der Waals surface area contributed by atoms with Crippen LogP contribution in [-0.2, 0) is 16.1 Å². The molecule has 0 unspecified atom stereocenters. The van der Waals surface area contributed by atoms with E-state index in [1.807, 2.05) is 12.3 Å². The van der Waals surface area contributed by atoms with Crippen LogP contribution in [0, 0.1) is 0 Å². The lowest BCUT2D eigenvalue weighted by Gasteiger charge is -2.41. The first kappa shape index (κ1) is 14.6. The Labute approximate surface area is 118 Å². The third-order valence-electron chi connectivity index (χ3n) is 3.99. The molecule has 6 heteroatoms. The zero-order valence-corrected chi connectivity index (χ0v) is 11.8. The Balaban J connectivity index is 1.91. The molecule has 1 aliphatic heterocycles. The number of carboxylic acid groups (broad SMARTS) is 1. The first-order valence-electron chi connectivity index (χ1n) is 7.05. The zero-order valence-electron chi connectivity index (χ0n) is 11.8. The summed E-state index contributed by atoms with van der Waals surface area (Å²) in [6.45, 7) is 2.87. The highest BCUT2D eigenvalue weighted by Gasteiger charge is 2.43. The molecule has 0 spiro atoms. The van der Waals surface area contributed by atoms with E-state index in [0.717, 1.165) is 12.8 Å². The highest BCUT2D eigenvalue weighted by Crippen LogP contribution is 2.29. The van der Waals surface area contributed by atoms with E-state index in [0.29, 0.717) is 32.4 Å². The first-order valence-corrected chi connectivity index (χ1v) is 7.05. The van der Waals surface area contributed by atoms with Crippen LogP contribution in [0.3, 0.4) is 0 Å². The van der Waals surface area contributed by atoms with E-state index in [1.54, 1.807) is 22.7 Å². The second kappa shape index (κ2) is 6.07. The Kier molecular flexibility index (Phi) is 4.42. The molecule has 1 atom stereocenters. The molecule has 0 saturated carbocycles. The average Bonchev–Trinajstić information content (AvgIpc) is 2.92. The maximum absolute atomic E-state index is 12.3. The third-order valence-corrected chi connectivity index (χ3v) is 3.99. The lowest BCUT2D eigenvalue weighted by atomic mass is 9.88. The number of rotatable bonds is 5. The highest BCUT2D eigenvalue weighted by molar-refractivity contribution is 5.87. The summed E-state index contributed by atoms with van der Waals surface area (Å²) in [5.74, 6) is -0.973. The van der Waals surface area contributed by atoms with E-state index in [9.17, 15) is 14.7 Å². The Morgan fingerprint density at radius 1 is 1.40 bits per heavy atom. The van der Waals surface area contributed by atoms with Gasteiger partial charge in [0.25, 0.3) is 0 Å². The molecule has 1 aromatic heterocycles. The van der Waals surface area contributed by atoms with Crippen LogP contribution in [0.5, 0.6) is 0 Å². The molecule has 1 amide bonds. The molecule has 20 heavy (non-hydrogen) atoms. The summed E-state index contributed by atoms with van der Waals surface area (Å²) in [7, 11) is 0. The average molecular weight is 279 g/mol. The largest absolute Gasteiger partial charge is 0.480 e. The summed E-state index contributed by atoms with van der Waals surface area (Å²) in [6.07, 6.45) is 6.87. The molecule has 0 aromatic carbocycles. The van der Waals surface area contributed by atoms with Crippen molar-refractivity contribution in [1.82, 2.24) is 14.7 Å². The van der Waals surface area contributed by atoms with Gasteiger partial charge < -0.3 is 10.0 Å². The molecule has 0 bridgehead atoms. The number of piperidine rings is 1. The number of aryl methyl sites for hydroxylation is 1. The van der Waals surface area contributed by atoms with Crippen LogP contribution in [0.1, 0.15) is 39.0 Å². The molecule has 1 aromatic rings. The molecule has 2 rings (SSSR count). The van der Waals surface area contributed by atoms with Gasteiger partial charge in [0.2, 0.25) is 5.91 Å². The van der Waals surface area contributed by atoms with E-state index >= 15 is 0 Å². The summed E-state index contributed by atoms with van der Waals surface area (Å²) < 4.78 is 1.78. The number of aromatic nitrogens is 2. The summed E-state index contributed by atoms with van der Waals surface area (Å²) >= 11 is 0. The smallest absolute Gasteiger partial charge is 0.329 e. The van der Waals surface area contributed by atoms with Crippen LogP contribution < -0.4 is 0 Å². The summed E-state index contributed by atoms with van der Waals surface area (Å²) in [6, 6.07) is 1.84. The van der Waals surface area contributed by atoms with Crippen molar-refractivity contribution in [2.75, 3.05) is 6.54 Å². The Bertz CT molecular complexity index is 472. The van der Waals surface area contributed by atoms with Gasteiger partial charge in [-0.25, -0.2) is 4.79 Å². The van der Waals surface area contributed by atoms with Gasteiger partial charge in [0.05, 0.1) is 0 Å². The number of hydrogen-bond donors (Lipinski definition) is 1. The number of amides is 1. The number of likely N-dealkylation sites (tertiary alicyclic amines) is 1. The van der Waals surface area contributed by atoms with Crippen LogP contribution >= 0.6 is 0 Å². The molecule has 1 N–H and O–H groups in total. The minimum absolute atomic E-state index is 0.0678. The van der Waals surface area contributed by atoms with Crippen LogP contribution in [0.2, 0.25) is 0 Å². The highest BCUT2D eigenvalue weighted by atomic mass is 16.4. The van der Waals surface area contributed by atoms with Gasteiger partial charge in [0, 0.05) is 31.9 Å². The predicted molar refractivity (Wildman–Crippen MR) is 73.1 cm³/mol.